The smallest absolute Gasteiger partial charge is 0.244 e. The summed E-state index contributed by atoms with van der Waals surface area (Å²) in [6.07, 6.45) is 1.03. The Hall–Kier alpha value is -1.76. The predicted molar refractivity (Wildman–Crippen MR) is 116 cm³/mol. The number of hydrogen-bond acceptors (Lipinski definition) is 3. The van der Waals surface area contributed by atoms with Gasteiger partial charge in [0, 0.05) is 5.02 Å². The van der Waals surface area contributed by atoms with Crippen molar-refractivity contribution in [1.82, 2.24) is 5.32 Å². The van der Waals surface area contributed by atoms with Gasteiger partial charge < -0.3 is 5.32 Å². The average Bonchev–Trinajstić information content (AvgIpc) is 2.59. The van der Waals surface area contributed by atoms with E-state index in [-0.39, 0.29) is 16.8 Å². The maximum absolute atomic E-state index is 12.8. The summed E-state index contributed by atoms with van der Waals surface area (Å²) >= 11 is 12.2. The van der Waals surface area contributed by atoms with Crippen LogP contribution < -0.4 is 9.62 Å². The third-order valence-electron chi connectivity index (χ3n) is 4.62. The Kier molecular flexibility index (Phi) is 7.02. The third kappa shape index (κ3) is 5.19. The molecule has 2 aromatic rings. The molecule has 0 unspecified atom stereocenters. The summed E-state index contributed by atoms with van der Waals surface area (Å²) in [4.78, 5) is 12.8. The van der Waals surface area contributed by atoms with Crippen molar-refractivity contribution >= 4 is 44.8 Å². The Morgan fingerprint density at radius 3 is 2.25 bits per heavy atom. The number of rotatable bonds is 6. The molecule has 0 aliphatic carbocycles. The van der Waals surface area contributed by atoms with E-state index in [0.717, 1.165) is 27.3 Å². The van der Waals surface area contributed by atoms with Gasteiger partial charge in [0.25, 0.3) is 0 Å². The number of aryl methyl sites for hydroxylation is 2. The van der Waals surface area contributed by atoms with E-state index < -0.39 is 22.0 Å². The molecule has 0 saturated heterocycles. The highest BCUT2D eigenvalue weighted by Gasteiger charge is 2.31. The molecule has 0 aliphatic heterocycles. The number of nitrogens with one attached hydrogen (secondary N) is 1. The topological polar surface area (TPSA) is 66.5 Å². The van der Waals surface area contributed by atoms with E-state index in [2.05, 4.69) is 5.32 Å². The van der Waals surface area contributed by atoms with Gasteiger partial charge in [0.2, 0.25) is 15.9 Å². The number of halogens is 2. The van der Waals surface area contributed by atoms with E-state index >= 15 is 0 Å². The summed E-state index contributed by atoms with van der Waals surface area (Å²) in [5.74, 6) is -0.438. The van der Waals surface area contributed by atoms with E-state index in [9.17, 15) is 13.2 Å². The van der Waals surface area contributed by atoms with Crippen LogP contribution in [0, 0.1) is 13.8 Å². The van der Waals surface area contributed by atoms with Gasteiger partial charge in [-0.25, -0.2) is 8.42 Å². The highest BCUT2D eigenvalue weighted by atomic mass is 35.5. The second-order valence-corrected chi connectivity index (χ2v) is 9.61. The van der Waals surface area contributed by atoms with Gasteiger partial charge in [-0.2, -0.15) is 0 Å². The first-order valence-corrected chi connectivity index (χ1v) is 11.3. The van der Waals surface area contributed by atoms with Gasteiger partial charge in [0.1, 0.15) is 6.04 Å². The fraction of sp³-hybridized carbons (Fsp3) is 0.350. The molecule has 2 atom stereocenters. The lowest BCUT2D eigenvalue weighted by molar-refractivity contribution is -0.122. The standard InChI is InChI=1S/C20H24Cl2N2O3S/c1-12-6-7-16(10-13(12)2)14(3)23-20(25)15(4)24(28(5,26)27)19-11-17(21)8-9-18(19)22/h6-11,14-15H,1-5H3,(H,23,25)/t14-,15+/m0/s1. The minimum absolute atomic E-state index is 0.165. The highest BCUT2D eigenvalue weighted by Crippen LogP contribution is 2.32. The summed E-state index contributed by atoms with van der Waals surface area (Å²) in [5, 5.41) is 3.39. The first-order chi connectivity index (χ1) is 12.9. The van der Waals surface area contributed by atoms with E-state index in [4.69, 9.17) is 23.2 Å². The molecule has 0 radical (unpaired) electrons. The fourth-order valence-electron chi connectivity index (χ4n) is 2.89. The van der Waals surface area contributed by atoms with Crippen molar-refractivity contribution in [3.05, 3.63) is 63.1 Å². The monoisotopic (exact) mass is 442 g/mol. The largest absolute Gasteiger partial charge is 0.348 e. The zero-order chi connectivity index (χ0) is 21.2. The van der Waals surface area contributed by atoms with Gasteiger partial charge in [0.05, 0.1) is 23.0 Å². The molecule has 0 aliphatic rings. The van der Waals surface area contributed by atoms with E-state index in [1.807, 2.05) is 39.0 Å². The van der Waals surface area contributed by atoms with Crippen LogP contribution in [0.4, 0.5) is 5.69 Å². The normalized spacial score (nSPS) is 13.7. The van der Waals surface area contributed by atoms with Crippen LogP contribution >= 0.6 is 23.2 Å². The van der Waals surface area contributed by atoms with Crippen LogP contribution in [0.3, 0.4) is 0 Å². The molecule has 0 spiro atoms. The minimum Gasteiger partial charge on any atom is -0.348 e. The summed E-state index contributed by atoms with van der Waals surface area (Å²) in [6.45, 7) is 7.39. The van der Waals surface area contributed by atoms with Crippen LogP contribution in [0.1, 0.15) is 36.6 Å². The summed E-state index contributed by atoms with van der Waals surface area (Å²) < 4.78 is 25.8. The van der Waals surface area contributed by atoms with Crippen LogP contribution in [0.2, 0.25) is 10.0 Å². The lowest BCUT2D eigenvalue weighted by Gasteiger charge is -2.30. The molecule has 0 fully saturated rings. The van der Waals surface area contributed by atoms with Gasteiger partial charge >= 0.3 is 0 Å². The number of anilines is 1. The Labute approximate surface area is 176 Å². The summed E-state index contributed by atoms with van der Waals surface area (Å²) in [6, 6.07) is 9.13. The lowest BCUT2D eigenvalue weighted by atomic mass is 10.0. The molecule has 2 rings (SSSR count). The number of amides is 1. The van der Waals surface area contributed by atoms with Crippen molar-refractivity contribution in [2.45, 2.75) is 39.8 Å². The van der Waals surface area contributed by atoms with Crippen LogP contribution in [0.25, 0.3) is 0 Å². The second-order valence-electron chi connectivity index (χ2n) is 6.90. The zero-order valence-electron chi connectivity index (χ0n) is 16.5. The first-order valence-electron chi connectivity index (χ1n) is 8.73. The van der Waals surface area contributed by atoms with Crippen molar-refractivity contribution in [3.8, 4) is 0 Å². The number of carbonyl (C=O) groups excluding carboxylic acids is 1. The number of nitrogens with zero attached hydrogens (tertiary/aromatic N) is 1. The molecule has 0 bridgehead atoms. The summed E-state index contributed by atoms with van der Waals surface area (Å²) in [5.41, 5.74) is 3.39. The third-order valence-corrected chi connectivity index (χ3v) is 6.41. The number of hydrogen-bond donors (Lipinski definition) is 1. The predicted octanol–water partition coefficient (Wildman–Crippen LogP) is 4.64. The first kappa shape index (κ1) is 22.5. The average molecular weight is 443 g/mol. The van der Waals surface area contributed by atoms with Gasteiger partial charge in [-0.15, -0.1) is 0 Å². The van der Waals surface area contributed by atoms with Crippen LogP contribution in [0.15, 0.2) is 36.4 Å². The second kappa shape index (κ2) is 8.72. The molecular weight excluding hydrogens is 419 g/mol. The quantitative estimate of drug-likeness (QED) is 0.707. The van der Waals surface area contributed by atoms with Crippen molar-refractivity contribution < 1.29 is 13.2 Å². The Balaban J connectivity index is 2.31. The molecule has 2 aromatic carbocycles. The van der Waals surface area contributed by atoms with Crippen molar-refractivity contribution in [2.24, 2.45) is 0 Å². The maximum atomic E-state index is 12.8. The SMILES string of the molecule is Cc1ccc([C@H](C)NC(=O)[C@@H](C)N(c2cc(Cl)ccc2Cl)S(C)(=O)=O)cc1C. The minimum atomic E-state index is -3.78. The number of sulfonamides is 1. The molecular formula is C20H24Cl2N2O3S. The molecule has 0 saturated carbocycles. The lowest BCUT2D eigenvalue weighted by Crippen LogP contribution is -2.48. The molecule has 0 aromatic heterocycles. The van der Waals surface area contributed by atoms with Gasteiger partial charge in [-0.1, -0.05) is 41.4 Å². The molecule has 28 heavy (non-hydrogen) atoms. The van der Waals surface area contributed by atoms with Crippen molar-refractivity contribution in [3.63, 3.8) is 0 Å². The Morgan fingerprint density at radius 1 is 1.04 bits per heavy atom. The van der Waals surface area contributed by atoms with Crippen molar-refractivity contribution in [1.29, 1.82) is 0 Å². The summed E-state index contributed by atoms with van der Waals surface area (Å²) in [7, 11) is -3.78. The number of carbonyl (C=O) groups is 1. The van der Waals surface area contributed by atoms with E-state index in [1.54, 1.807) is 6.07 Å². The fourth-order valence-corrected chi connectivity index (χ4v) is 4.49. The van der Waals surface area contributed by atoms with E-state index in [0.29, 0.717) is 5.02 Å². The van der Waals surface area contributed by atoms with Gasteiger partial charge in [-0.05, 0) is 62.6 Å². The van der Waals surface area contributed by atoms with Gasteiger partial charge in [-0.3, -0.25) is 9.10 Å². The Morgan fingerprint density at radius 2 is 1.68 bits per heavy atom. The van der Waals surface area contributed by atoms with E-state index in [1.165, 1.54) is 19.1 Å². The maximum Gasteiger partial charge on any atom is 0.244 e. The molecule has 1 N–H and O–H groups in total. The Bertz CT molecular complexity index is 993. The van der Waals surface area contributed by atoms with Crippen LogP contribution in [0.5, 0.6) is 0 Å². The molecule has 5 nitrogen and oxygen atoms in total. The van der Waals surface area contributed by atoms with Crippen molar-refractivity contribution in [2.75, 3.05) is 10.6 Å². The molecule has 0 heterocycles. The molecule has 8 heteroatoms. The zero-order valence-corrected chi connectivity index (χ0v) is 18.8. The van der Waals surface area contributed by atoms with Crippen LogP contribution in [-0.2, 0) is 14.8 Å². The molecule has 152 valence electrons. The number of benzene rings is 2. The highest BCUT2D eigenvalue weighted by molar-refractivity contribution is 7.92. The van der Waals surface area contributed by atoms with Crippen LogP contribution in [-0.4, -0.2) is 26.6 Å². The van der Waals surface area contributed by atoms with Gasteiger partial charge in [0.15, 0.2) is 0 Å². The molecule has 1 amide bonds.